The summed E-state index contributed by atoms with van der Waals surface area (Å²) in [6, 6.07) is 0.364. The van der Waals surface area contributed by atoms with Crippen molar-refractivity contribution in [3.8, 4) is 0 Å². The number of unbranched alkanes of at least 4 members (excludes halogenated alkanes) is 3. The minimum Gasteiger partial charge on any atom is -0.446 e. The first-order valence-corrected chi connectivity index (χ1v) is 5.94. The number of allylic oxidation sites excluding steroid dienone is 1. The van der Waals surface area contributed by atoms with Gasteiger partial charge in [0.2, 0.25) is 0 Å². The Hall–Kier alpha value is -0.990. The molecule has 84 valence electrons. The number of hydrogen-bond acceptors (Lipinski definition) is 2. The molecule has 2 unspecified atom stereocenters. The van der Waals surface area contributed by atoms with Crippen molar-refractivity contribution in [1.82, 2.24) is 4.90 Å². The highest BCUT2D eigenvalue weighted by Crippen LogP contribution is 2.41. The second-order valence-electron chi connectivity index (χ2n) is 4.44. The molecule has 2 heterocycles. The highest BCUT2D eigenvalue weighted by Gasteiger charge is 2.50. The van der Waals surface area contributed by atoms with Crippen molar-refractivity contribution in [3.05, 3.63) is 11.8 Å². The third kappa shape index (κ3) is 2.16. The van der Waals surface area contributed by atoms with Crippen LogP contribution in [0.2, 0.25) is 0 Å². The molecule has 2 aliphatic rings. The lowest BCUT2D eigenvalue weighted by molar-refractivity contribution is 0.0671. The Morgan fingerprint density at radius 1 is 1.53 bits per heavy atom. The quantitative estimate of drug-likeness (QED) is 0.526. The Kier molecular flexibility index (Phi) is 2.98. The van der Waals surface area contributed by atoms with Gasteiger partial charge in [0.1, 0.15) is 6.10 Å². The van der Waals surface area contributed by atoms with Gasteiger partial charge in [0, 0.05) is 12.1 Å². The van der Waals surface area contributed by atoms with Gasteiger partial charge in [0.05, 0.1) is 6.04 Å². The van der Waals surface area contributed by atoms with Crippen LogP contribution in [0.1, 0.15) is 46.0 Å². The molecule has 1 amide bonds. The molecule has 2 saturated heterocycles. The van der Waals surface area contributed by atoms with Crippen molar-refractivity contribution >= 4 is 6.09 Å². The number of cyclic esters (lactones) is 1. The number of carbonyl (C=O) groups is 1. The maximum absolute atomic E-state index is 11.4. The maximum atomic E-state index is 11.4. The summed E-state index contributed by atoms with van der Waals surface area (Å²) >= 11 is 0. The smallest absolute Gasteiger partial charge is 0.414 e. The molecule has 0 N–H and O–H groups in total. The van der Waals surface area contributed by atoms with Gasteiger partial charge in [-0.2, -0.15) is 0 Å². The predicted octanol–water partition coefficient (Wildman–Crippen LogP) is 3.06. The van der Waals surface area contributed by atoms with E-state index < -0.39 is 0 Å². The van der Waals surface area contributed by atoms with Crippen molar-refractivity contribution in [2.24, 2.45) is 0 Å². The monoisotopic (exact) mass is 209 g/mol. The van der Waals surface area contributed by atoms with Crippen LogP contribution in [0.3, 0.4) is 0 Å². The highest BCUT2D eigenvalue weighted by atomic mass is 16.6. The van der Waals surface area contributed by atoms with Crippen LogP contribution in [-0.4, -0.2) is 23.1 Å². The van der Waals surface area contributed by atoms with Crippen LogP contribution in [0.5, 0.6) is 0 Å². The summed E-state index contributed by atoms with van der Waals surface area (Å²) < 4.78 is 5.14. The molecular weight excluding hydrogens is 190 g/mol. The lowest BCUT2D eigenvalue weighted by Gasteiger charge is -2.17. The van der Waals surface area contributed by atoms with Gasteiger partial charge in [-0.15, -0.1) is 0 Å². The Morgan fingerprint density at radius 2 is 2.33 bits per heavy atom. The molecule has 0 radical (unpaired) electrons. The van der Waals surface area contributed by atoms with Gasteiger partial charge in [-0.1, -0.05) is 25.8 Å². The van der Waals surface area contributed by atoms with Crippen molar-refractivity contribution < 1.29 is 9.53 Å². The number of fused-ring (bicyclic) bond motifs is 1. The summed E-state index contributed by atoms with van der Waals surface area (Å²) in [6.07, 6.45) is 7.94. The second kappa shape index (κ2) is 4.25. The maximum Gasteiger partial charge on any atom is 0.414 e. The molecule has 2 atom stereocenters. The van der Waals surface area contributed by atoms with Gasteiger partial charge in [0.15, 0.2) is 0 Å². The number of ether oxygens (including phenoxy) is 1. The zero-order chi connectivity index (χ0) is 10.8. The minimum atomic E-state index is -0.152. The number of rotatable bonds is 4. The normalized spacial score (nSPS) is 31.5. The zero-order valence-corrected chi connectivity index (χ0v) is 9.53. The first-order valence-electron chi connectivity index (χ1n) is 5.94. The Morgan fingerprint density at radius 3 is 3.07 bits per heavy atom. The molecule has 0 aromatic carbocycles. The zero-order valence-electron chi connectivity index (χ0n) is 9.53. The summed E-state index contributed by atoms with van der Waals surface area (Å²) in [6.45, 7) is 4.16. The number of carbonyl (C=O) groups excluding carboxylic acids is 1. The number of amides is 1. The first kappa shape index (κ1) is 10.5. The number of nitrogens with zero attached hydrogens (tertiary/aromatic N) is 1. The topological polar surface area (TPSA) is 29.3 Å². The van der Waals surface area contributed by atoms with Gasteiger partial charge in [-0.05, 0) is 19.8 Å². The summed E-state index contributed by atoms with van der Waals surface area (Å²) in [5, 5.41) is 0. The molecule has 0 aromatic rings. The van der Waals surface area contributed by atoms with Crippen LogP contribution < -0.4 is 0 Å². The molecule has 0 aliphatic carbocycles. The van der Waals surface area contributed by atoms with Crippen LogP contribution in [-0.2, 0) is 4.74 Å². The largest absolute Gasteiger partial charge is 0.446 e. The van der Waals surface area contributed by atoms with Gasteiger partial charge >= 0.3 is 6.09 Å². The third-order valence-electron chi connectivity index (χ3n) is 3.08. The summed E-state index contributed by atoms with van der Waals surface area (Å²) in [7, 11) is 0. The molecule has 0 bridgehead atoms. The summed E-state index contributed by atoms with van der Waals surface area (Å²) in [4.78, 5) is 13.2. The van der Waals surface area contributed by atoms with E-state index in [0.717, 1.165) is 12.8 Å². The highest BCUT2D eigenvalue weighted by molar-refractivity contribution is 5.77. The van der Waals surface area contributed by atoms with Crippen LogP contribution >= 0.6 is 0 Å². The van der Waals surface area contributed by atoms with E-state index in [-0.39, 0.29) is 12.2 Å². The molecule has 2 rings (SSSR count). The molecule has 0 aromatic heterocycles. The van der Waals surface area contributed by atoms with E-state index in [9.17, 15) is 4.79 Å². The predicted molar refractivity (Wildman–Crippen MR) is 58.4 cm³/mol. The molecule has 2 fully saturated rings. The molecule has 0 spiro atoms. The fraction of sp³-hybridized carbons (Fsp3) is 0.750. The van der Waals surface area contributed by atoms with Crippen LogP contribution in [0.4, 0.5) is 4.79 Å². The second-order valence-corrected chi connectivity index (χ2v) is 4.44. The minimum absolute atomic E-state index is 0.0836. The van der Waals surface area contributed by atoms with Gasteiger partial charge < -0.3 is 4.74 Å². The van der Waals surface area contributed by atoms with Crippen molar-refractivity contribution in [3.63, 3.8) is 0 Å². The molecular formula is C12H19NO2. The molecule has 15 heavy (non-hydrogen) atoms. The van der Waals surface area contributed by atoms with Crippen molar-refractivity contribution in [2.75, 3.05) is 0 Å². The van der Waals surface area contributed by atoms with Crippen molar-refractivity contribution in [2.45, 2.75) is 58.1 Å². The van der Waals surface area contributed by atoms with Crippen LogP contribution in [0, 0.1) is 0 Å². The lowest BCUT2D eigenvalue weighted by atomic mass is 10.1. The van der Waals surface area contributed by atoms with E-state index in [1.54, 1.807) is 4.90 Å². The summed E-state index contributed by atoms with van der Waals surface area (Å²) in [5.74, 6) is 0. The Bertz CT molecular complexity index is 285. The third-order valence-corrected chi connectivity index (χ3v) is 3.08. The average molecular weight is 209 g/mol. The molecule has 3 heteroatoms. The van der Waals surface area contributed by atoms with Crippen molar-refractivity contribution in [1.29, 1.82) is 0 Å². The van der Waals surface area contributed by atoms with Gasteiger partial charge in [-0.25, -0.2) is 4.79 Å². The Labute approximate surface area is 91.1 Å². The van der Waals surface area contributed by atoms with Gasteiger partial charge in [0.25, 0.3) is 0 Å². The Balaban J connectivity index is 1.84. The fourth-order valence-electron chi connectivity index (χ4n) is 2.18. The van der Waals surface area contributed by atoms with E-state index in [1.807, 2.05) is 6.92 Å². The van der Waals surface area contributed by atoms with E-state index in [2.05, 4.69) is 13.0 Å². The molecule has 2 aliphatic heterocycles. The van der Waals surface area contributed by atoms with E-state index >= 15 is 0 Å². The molecule has 3 nitrogen and oxygen atoms in total. The first-order chi connectivity index (χ1) is 7.24. The number of hydrogen-bond donors (Lipinski definition) is 0. The summed E-state index contributed by atoms with van der Waals surface area (Å²) in [5.41, 5.74) is 1.19. The SMILES string of the molecule is CCCCC/C=C1\C2CC(C)OC(=O)N12. The lowest BCUT2D eigenvalue weighted by Crippen LogP contribution is -2.28. The van der Waals surface area contributed by atoms with E-state index in [4.69, 9.17) is 4.74 Å². The van der Waals surface area contributed by atoms with E-state index in [1.165, 1.54) is 25.0 Å². The average Bonchev–Trinajstić information content (AvgIpc) is 2.86. The standard InChI is InChI=1S/C12H19NO2/c1-3-4-5-6-7-10-11-8-9(2)15-12(14)13(10)11/h7,9,11H,3-6,8H2,1-2H3/b10-7+. The van der Waals surface area contributed by atoms with E-state index in [0.29, 0.717) is 6.04 Å². The fourth-order valence-corrected chi connectivity index (χ4v) is 2.18. The molecule has 0 saturated carbocycles. The van der Waals surface area contributed by atoms with Crippen LogP contribution in [0.15, 0.2) is 11.8 Å². The van der Waals surface area contributed by atoms with Crippen LogP contribution in [0.25, 0.3) is 0 Å². The van der Waals surface area contributed by atoms with Gasteiger partial charge in [-0.3, -0.25) is 4.90 Å².